The summed E-state index contributed by atoms with van der Waals surface area (Å²) >= 11 is 6.07. The molecule has 0 aliphatic carbocycles. The number of fused-ring (bicyclic) bond motifs is 1. The van der Waals surface area contributed by atoms with Crippen molar-refractivity contribution < 1.29 is 19.4 Å². The number of carbonyl (C=O) groups excluding carboxylic acids is 2. The van der Waals surface area contributed by atoms with E-state index in [2.05, 4.69) is 0 Å². The van der Waals surface area contributed by atoms with Gasteiger partial charge in [0.25, 0.3) is 5.91 Å². The predicted octanol–water partition coefficient (Wildman–Crippen LogP) is 5.36. The number of aliphatic hydroxyl groups is 1. The van der Waals surface area contributed by atoms with E-state index < -0.39 is 11.6 Å². The molecule has 0 aromatic heterocycles. The van der Waals surface area contributed by atoms with Crippen molar-refractivity contribution in [3.05, 3.63) is 100 Å². The van der Waals surface area contributed by atoms with E-state index in [1.165, 1.54) is 7.11 Å². The highest BCUT2D eigenvalue weighted by atomic mass is 35.5. The smallest absolute Gasteiger partial charge is 0.337 e. The molecule has 0 bridgehead atoms. The molecule has 1 N–H and O–H groups in total. The molecule has 0 saturated carbocycles. The lowest BCUT2D eigenvalue weighted by Gasteiger charge is -2.25. The van der Waals surface area contributed by atoms with Crippen LogP contribution >= 0.6 is 11.6 Å². The van der Waals surface area contributed by atoms with Crippen molar-refractivity contribution in [2.45, 2.75) is 26.0 Å². The number of anilines is 1. The molecule has 1 heterocycles. The molecule has 4 rings (SSSR count). The Morgan fingerprint density at radius 2 is 1.70 bits per heavy atom. The number of nitrogens with zero attached hydrogens (tertiary/aromatic N) is 1. The fourth-order valence-electron chi connectivity index (χ4n) is 4.20. The highest BCUT2D eigenvalue weighted by molar-refractivity contribution is 6.38. The number of para-hydroxylation sites is 1. The molecule has 1 aliphatic rings. The Hall–Kier alpha value is -3.41. The molecule has 0 unspecified atom stereocenters. The summed E-state index contributed by atoms with van der Waals surface area (Å²) in [6, 6.07) is 21.6. The molecule has 0 atom stereocenters. The van der Waals surface area contributed by atoms with Crippen molar-refractivity contribution in [1.82, 2.24) is 0 Å². The predicted molar refractivity (Wildman–Crippen MR) is 130 cm³/mol. The van der Waals surface area contributed by atoms with Crippen LogP contribution in [-0.2, 0) is 16.1 Å². The van der Waals surface area contributed by atoms with Crippen LogP contribution in [0.4, 0.5) is 5.69 Å². The van der Waals surface area contributed by atoms with Crippen LogP contribution in [0.5, 0.6) is 0 Å². The van der Waals surface area contributed by atoms with Crippen LogP contribution in [0, 0.1) is 0 Å². The molecule has 3 aromatic rings. The number of amides is 1. The number of rotatable bonds is 5. The van der Waals surface area contributed by atoms with Gasteiger partial charge in [-0.1, -0.05) is 54.1 Å². The maximum absolute atomic E-state index is 13.8. The third-order valence-corrected chi connectivity index (χ3v) is 5.86. The van der Waals surface area contributed by atoms with Crippen LogP contribution in [0.25, 0.3) is 11.1 Å². The monoisotopic (exact) mass is 461 g/mol. The third kappa shape index (κ3) is 4.42. The minimum atomic E-state index is -1.28. The normalized spacial score (nSPS) is 14.8. The van der Waals surface area contributed by atoms with Gasteiger partial charge in [0.05, 0.1) is 36.1 Å². The largest absolute Gasteiger partial charge is 0.465 e. The van der Waals surface area contributed by atoms with Gasteiger partial charge in [-0.15, -0.1) is 0 Å². The Morgan fingerprint density at radius 1 is 1.00 bits per heavy atom. The molecule has 33 heavy (non-hydrogen) atoms. The van der Waals surface area contributed by atoms with Gasteiger partial charge in [-0.2, -0.15) is 0 Å². The average Bonchev–Trinajstić information content (AvgIpc) is 3.05. The fraction of sp³-hybridized carbons (Fsp3) is 0.185. The first-order chi connectivity index (χ1) is 15.7. The minimum Gasteiger partial charge on any atom is -0.465 e. The highest BCUT2D eigenvalue weighted by Crippen LogP contribution is 2.44. The van der Waals surface area contributed by atoms with Crippen molar-refractivity contribution >= 4 is 40.3 Å². The van der Waals surface area contributed by atoms with E-state index in [4.69, 9.17) is 16.3 Å². The SMILES string of the molecule is COC(=O)c1cccc(CN2C(=O)C(=C(c3ccc(Cl)cc3)C(C)(C)O)c3ccccc32)c1. The minimum absolute atomic E-state index is 0.216. The molecule has 6 heteroatoms. The van der Waals surface area contributed by atoms with Gasteiger partial charge in [-0.3, -0.25) is 4.79 Å². The van der Waals surface area contributed by atoms with Crippen LogP contribution in [0.2, 0.25) is 5.02 Å². The number of hydrogen-bond donors (Lipinski definition) is 1. The average molecular weight is 462 g/mol. The number of ether oxygens (including phenoxy) is 1. The fourth-order valence-corrected chi connectivity index (χ4v) is 4.32. The summed E-state index contributed by atoms with van der Waals surface area (Å²) in [7, 11) is 1.33. The Bertz CT molecular complexity index is 1260. The van der Waals surface area contributed by atoms with Crippen molar-refractivity contribution in [2.24, 2.45) is 0 Å². The summed E-state index contributed by atoms with van der Waals surface area (Å²) in [6.45, 7) is 3.61. The second kappa shape index (κ2) is 8.85. The second-order valence-electron chi connectivity index (χ2n) is 8.42. The Morgan fingerprint density at radius 3 is 2.36 bits per heavy atom. The third-order valence-electron chi connectivity index (χ3n) is 5.61. The molecule has 3 aromatic carbocycles. The van der Waals surface area contributed by atoms with E-state index in [9.17, 15) is 14.7 Å². The Kier molecular flexibility index (Phi) is 6.11. The lowest BCUT2D eigenvalue weighted by atomic mass is 9.85. The van der Waals surface area contributed by atoms with Crippen molar-refractivity contribution in [3.8, 4) is 0 Å². The first-order valence-electron chi connectivity index (χ1n) is 10.5. The molecule has 1 aliphatic heterocycles. The Labute approximate surface area is 197 Å². The summed E-state index contributed by atoms with van der Waals surface area (Å²) in [5.41, 5.74) is 3.12. The lowest BCUT2D eigenvalue weighted by molar-refractivity contribution is -0.113. The quantitative estimate of drug-likeness (QED) is 0.410. The van der Waals surface area contributed by atoms with Gasteiger partial charge in [0.15, 0.2) is 0 Å². The van der Waals surface area contributed by atoms with Gasteiger partial charge in [0.1, 0.15) is 0 Å². The van der Waals surface area contributed by atoms with E-state index in [1.807, 2.05) is 30.3 Å². The maximum Gasteiger partial charge on any atom is 0.337 e. The van der Waals surface area contributed by atoms with E-state index >= 15 is 0 Å². The molecule has 0 saturated heterocycles. The van der Waals surface area contributed by atoms with Gasteiger partial charge in [0, 0.05) is 16.2 Å². The van der Waals surface area contributed by atoms with Crippen molar-refractivity contribution in [2.75, 3.05) is 12.0 Å². The first-order valence-corrected chi connectivity index (χ1v) is 10.9. The molecule has 5 nitrogen and oxygen atoms in total. The molecular formula is C27H24ClNO4. The first kappa shape index (κ1) is 22.8. The van der Waals surface area contributed by atoms with Crippen LogP contribution in [-0.4, -0.2) is 29.7 Å². The molecule has 0 fully saturated rings. The summed E-state index contributed by atoms with van der Waals surface area (Å²) in [6.07, 6.45) is 0. The topological polar surface area (TPSA) is 66.8 Å². The number of halogens is 1. The standard InChI is InChI=1S/C27H24ClNO4/c1-27(2,32)24(18-11-13-20(28)14-12-18)23-21-9-4-5-10-22(21)29(25(23)30)16-17-7-6-8-19(15-17)26(31)33-3/h4-15,32H,16H2,1-3H3. The summed E-state index contributed by atoms with van der Waals surface area (Å²) in [5.74, 6) is -0.649. The zero-order valence-corrected chi connectivity index (χ0v) is 19.4. The van der Waals surface area contributed by atoms with Gasteiger partial charge in [-0.05, 0) is 55.3 Å². The van der Waals surface area contributed by atoms with E-state index in [0.717, 1.165) is 22.4 Å². The van der Waals surface area contributed by atoms with E-state index in [-0.39, 0.29) is 12.5 Å². The van der Waals surface area contributed by atoms with Crippen molar-refractivity contribution in [1.29, 1.82) is 0 Å². The second-order valence-corrected chi connectivity index (χ2v) is 8.85. The molecule has 0 radical (unpaired) electrons. The van der Waals surface area contributed by atoms with Gasteiger partial charge in [-0.25, -0.2) is 4.79 Å². The molecular weight excluding hydrogens is 438 g/mol. The van der Waals surface area contributed by atoms with Gasteiger partial charge in [0.2, 0.25) is 0 Å². The number of esters is 1. The van der Waals surface area contributed by atoms with Crippen LogP contribution < -0.4 is 4.90 Å². The lowest BCUT2D eigenvalue weighted by Crippen LogP contribution is -2.29. The van der Waals surface area contributed by atoms with Crippen LogP contribution in [0.3, 0.4) is 0 Å². The van der Waals surface area contributed by atoms with Crippen LogP contribution in [0.15, 0.2) is 72.8 Å². The van der Waals surface area contributed by atoms with Crippen LogP contribution in [0.1, 0.15) is 40.9 Å². The molecule has 0 spiro atoms. The Balaban J connectivity index is 1.85. The van der Waals surface area contributed by atoms with E-state index in [1.54, 1.807) is 61.2 Å². The molecule has 1 amide bonds. The number of benzene rings is 3. The van der Waals surface area contributed by atoms with Gasteiger partial charge >= 0.3 is 5.97 Å². The van der Waals surface area contributed by atoms with Gasteiger partial charge < -0.3 is 14.7 Å². The zero-order chi connectivity index (χ0) is 23.8. The number of carbonyl (C=O) groups is 2. The summed E-state index contributed by atoms with van der Waals surface area (Å²) < 4.78 is 4.82. The number of methoxy groups -OCH3 is 1. The highest BCUT2D eigenvalue weighted by Gasteiger charge is 2.38. The zero-order valence-electron chi connectivity index (χ0n) is 18.6. The summed E-state index contributed by atoms with van der Waals surface area (Å²) in [4.78, 5) is 27.4. The number of hydrogen-bond acceptors (Lipinski definition) is 4. The maximum atomic E-state index is 13.8. The van der Waals surface area contributed by atoms with Crippen molar-refractivity contribution in [3.63, 3.8) is 0 Å². The van der Waals surface area contributed by atoms with E-state index in [0.29, 0.717) is 21.7 Å². The summed E-state index contributed by atoms with van der Waals surface area (Å²) in [5, 5.41) is 11.7. The molecule has 168 valence electrons.